The SMILES string of the molecule is O=C(CNS(=O)(=O)c1ccc(Br)s1)Nc1cccc(F)c1. The predicted octanol–water partition coefficient (Wildman–Crippen LogP) is 2.57. The van der Waals surface area contributed by atoms with E-state index in [-0.39, 0.29) is 9.90 Å². The molecule has 2 N–H and O–H groups in total. The molecule has 0 spiro atoms. The minimum absolute atomic E-state index is 0.105. The van der Waals surface area contributed by atoms with Crippen LogP contribution in [0.15, 0.2) is 44.4 Å². The Balaban J connectivity index is 1.95. The lowest BCUT2D eigenvalue weighted by atomic mass is 10.3. The second-order valence-electron chi connectivity index (χ2n) is 3.94. The van der Waals surface area contributed by atoms with Crippen LogP contribution in [0.1, 0.15) is 0 Å². The fourth-order valence-corrected chi connectivity index (χ4v) is 4.48. The Kier molecular flexibility index (Phi) is 5.09. The second-order valence-corrected chi connectivity index (χ2v) is 8.40. The smallest absolute Gasteiger partial charge is 0.250 e. The van der Waals surface area contributed by atoms with Crippen molar-refractivity contribution >= 4 is 48.9 Å². The molecule has 0 atom stereocenters. The topological polar surface area (TPSA) is 75.3 Å². The summed E-state index contributed by atoms with van der Waals surface area (Å²) in [5.41, 5.74) is 0.262. The Morgan fingerprint density at radius 3 is 2.67 bits per heavy atom. The van der Waals surface area contributed by atoms with E-state index in [0.717, 1.165) is 17.4 Å². The van der Waals surface area contributed by atoms with Crippen LogP contribution in [0.3, 0.4) is 0 Å². The van der Waals surface area contributed by atoms with Crippen LogP contribution in [0.5, 0.6) is 0 Å². The van der Waals surface area contributed by atoms with Crippen molar-refractivity contribution in [3.8, 4) is 0 Å². The largest absolute Gasteiger partial charge is 0.325 e. The number of hydrogen-bond donors (Lipinski definition) is 2. The molecule has 2 aromatic rings. The van der Waals surface area contributed by atoms with E-state index in [9.17, 15) is 17.6 Å². The Labute approximate surface area is 133 Å². The summed E-state index contributed by atoms with van der Waals surface area (Å²) in [6, 6.07) is 8.37. The number of amides is 1. The number of benzene rings is 1. The molecule has 112 valence electrons. The number of sulfonamides is 1. The highest BCUT2D eigenvalue weighted by atomic mass is 79.9. The molecule has 0 saturated heterocycles. The molecule has 0 aliphatic heterocycles. The molecule has 9 heteroatoms. The number of anilines is 1. The zero-order chi connectivity index (χ0) is 15.5. The highest BCUT2D eigenvalue weighted by molar-refractivity contribution is 9.11. The van der Waals surface area contributed by atoms with Gasteiger partial charge in [-0.05, 0) is 46.3 Å². The van der Waals surface area contributed by atoms with Crippen molar-refractivity contribution in [2.24, 2.45) is 0 Å². The number of nitrogens with one attached hydrogen (secondary N) is 2. The van der Waals surface area contributed by atoms with E-state index in [1.807, 2.05) is 0 Å². The first-order chi connectivity index (χ1) is 9.87. The highest BCUT2D eigenvalue weighted by Crippen LogP contribution is 2.25. The van der Waals surface area contributed by atoms with Crippen LogP contribution in [0.25, 0.3) is 0 Å². The van der Waals surface area contributed by atoms with Gasteiger partial charge in [-0.1, -0.05) is 6.07 Å². The van der Waals surface area contributed by atoms with Crippen LogP contribution in [0.4, 0.5) is 10.1 Å². The average molecular weight is 393 g/mol. The normalized spacial score (nSPS) is 11.3. The Morgan fingerprint density at radius 2 is 2.05 bits per heavy atom. The molecular formula is C12H10BrFN2O3S2. The van der Waals surface area contributed by atoms with Crippen molar-refractivity contribution in [3.63, 3.8) is 0 Å². The maximum absolute atomic E-state index is 13.0. The summed E-state index contributed by atoms with van der Waals surface area (Å²) in [4.78, 5) is 11.6. The number of halogens is 2. The van der Waals surface area contributed by atoms with Gasteiger partial charge >= 0.3 is 0 Å². The van der Waals surface area contributed by atoms with Gasteiger partial charge in [-0.15, -0.1) is 11.3 Å². The third kappa shape index (κ3) is 4.60. The molecule has 0 aliphatic carbocycles. The predicted molar refractivity (Wildman–Crippen MR) is 82.2 cm³/mol. The van der Waals surface area contributed by atoms with E-state index in [2.05, 4.69) is 26.0 Å². The molecule has 1 heterocycles. The van der Waals surface area contributed by atoms with Gasteiger partial charge in [-0.2, -0.15) is 0 Å². The maximum Gasteiger partial charge on any atom is 0.250 e. The van der Waals surface area contributed by atoms with E-state index in [1.165, 1.54) is 24.3 Å². The first-order valence-corrected chi connectivity index (χ1v) is 8.76. The van der Waals surface area contributed by atoms with Gasteiger partial charge in [-0.25, -0.2) is 17.5 Å². The van der Waals surface area contributed by atoms with E-state index in [0.29, 0.717) is 3.79 Å². The summed E-state index contributed by atoms with van der Waals surface area (Å²) in [7, 11) is -3.73. The molecule has 0 bridgehead atoms. The minimum atomic E-state index is -3.73. The van der Waals surface area contributed by atoms with Crippen molar-refractivity contribution in [1.82, 2.24) is 4.72 Å². The summed E-state index contributed by atoms with van der Waals surface area (Å²) in [6.07, 6.45) is 0. The average Bonchev–Trinajstić information content (AvgIpc) is 2.84. The molecule has 0 unspecified atom stereocenters. The van der Waals surface area contributed by atoms with Gasteiger partial charge in [0, 0.05) is 5.69 Å². The number of thiophene rings is 1. The quantitative estimate of drug-likeness (QED) is 0.820. The molecule has 0 radical (unpaired) electrons. The number of carbonyl (C=O) groups is 1. The zero-order valence-corrected chi connectivity index (χ0v) is 13.7. The molecule has 21 heavy (non-hydrogen) atoms. The van der Waals surface area contributed by atoms with Crippen molar-refractivity contribution < 1.29 is 17.6 Å². The Hall–Kier alpha value is -1.29. The van der Waals surface area contributed by atoms with Crippen molar-refractivity contribution in [3.05, 3.63) is 46.0 Å². The Morgan fingerprint density at radius 1 is 1.29 bits per heavy atom. The van der Waals surface area contributed by atoms with E-state index >= 15 is 0 Å². The third-order valence-corrected chi connectivity index (χ3v) is 5.86. The van der Waals surface area contributed by atoms with Crippen LogP contribution in [0, 0.1) is 5.82 Å². The lowest BCUT2D eigenvalue weighted by Crippen LogP contribution is -2.32. The molecule has 1 amide bonds. The van der Waals surface area contributed by atoms with Gasteiger partial charge in [0.1, 0.15) is 10.0 Å². The summed E-state index contributed by atoms with van der Waals surface area (Å²) < 4.78 is 39.7. The van der Waals surface area contributed by atoms with Crippen LogP contribution in [-0.2, 0) is 14.8 Å². The van der Waals surface area contributed by atoms with Gasteiger partial charge in [0.05, 0.1) is 10.3 Å². The molecular weight excluding hydrogens is 383 g/mol. The van der Waals surface area contributed by atoms with Crippen molar-refractivity contribution in [2.45, 2.75) is 4.21 Å². The summed E-state index contributed by atoms with van der Waals surface area (Å²) >= 11 is 4.20. The van der Waals surface area contributed by atoms with Gasteiger partial charge in [0.2, 0.25) is 5.91 Å². The monoisotopic (exact) mass is 392 g/mol. The standard InChI is InChI=1S/C12H10BrFN2O3S2/c13-10-4-5-12(20-10)21(18,19)15-7-11(17)16-9-3-1-2-8(14)6-9/h1-6,15H,7H2,(H,16,17). The van der Waals surface area contributed by atoms with E-state index < -0.39 is 28.3 Å². The van der Waals surface area contributed by atoms with Crippen LogP contribution in [-0.4, -0.2) is 20.9 Å². The second kappa shape index (κ2) is 6.65. The highest BCUT2D eigenvalue weighted by Gasteiger charge is 2.17. The fraction of sp³-hybridized carbons (Fsp3) is 0.0833. The first-order valence-electron chi connectivity index (χ1n) is 5.67. The van der Waals surface area contributed by atoms with Gasteiger partial charge in [-0.3, -0.25) is 4.79 Å². The van der Waals surface area contributed by atoms with Crippen LogP contribution in [0.2, 0.25) is 0 Å². The van der Waals surface area contributed by atoms with Gasteiger partial charge < -0.3 is 5.32 Å². The van der Waals surface area contributed by atoms with Crippen molar-refractivity contribution in [1.29, 1.82) is 0 Å². The van der Waals surface area contributed by atoms with E-state index in [4.69, 9.17) is 0 Å². The summed E-state index contributed by atoms with van der Waals surface area (Å²) in [6.45, 7) is -0.436. The molecule has 0 aliphatic rings. The summed E-state index contributed by atoms with van der Waals surface area (Å²) in [5.74, 6) is -1.07. The van der Waals surface area contributed by atoms with Crippen LogP contribution >= 0.6 is 27.3 Å². The molecule has 1 aromatic heterocycles. The number of rotatable bonds is 5. The van der Waals surface area contributed by atoms with Crippen molar-refractivity contribution in [2.75, 3.05) is 11.9 Å². The zero-order valence-electron chi connectivity index (χ0n) is 10.5. The maximum atomic E-state index is 13.0. The minimum Gasteiger partial charge on any atom is -0.325 e. The first kappa shape index (κ1) is 16.1. The molecule has 2 rings (SSSR count). The lowest BCUT2D eigenvalue weighted by Gasteiger charge is -2.06. The number of carbonyl (C=O) groups excluding carboxylic acids is 1. The van der Waals surface area contributed by atoms with Crippen LogP contribution < -0.4 is 10.0 Å². The molecule has 5 nitrogen and oxygen atoms in total. The molecule has 1 aromatic carbocycles. The fourth-order valence-electron chi connectivity index (χ4n) is 1.45. The Bertz CT molecular complexity index is 761. The molecule has 0 fully saturated rings. The number of hydrogen-bond acceptors (Lipinski definition) is 4. The van der Waals surface area contributed by atoms with Gasteiger partial charge in [0.15, 0.2) is 0 Å². The van der Waals surface area contributed by atoms with Gasteiger partial charge in [0.25, 0.3) is 10.0 Å². The summed E-state index contributed by atoms with van der Waals surface area (Å²) in [5, 5.41) is 2.40. The third-order valence-electron chi connectivity index (χ3n) is 2.34. The van der Waals surface area contributed by atoms with E-state index in [1.54, 1.807) is 6.07 Å². The lowest BCUT2D eigenvalue weighted by molar-refractivity contribution is -0.115. The molecule has 0 saturated carbocycles.